The van der Waals surface area contributed by atoms with E-state index in [2.05, 4.69) is 28.9 Å². The SMILES string of the molecule is C=CCn1nc(C(=O)NC2CC3CCC(C2)N3C)c(=O)c2ccccc21. The van der Waals surface area contributed by atoms with Crippen molar-refractivity contribution in [3.05, 3.63) is 52.8 Å². The topological polar surface area (TPSA) is 67.2 Å². The van der Waals surface area contributed by atoms with Crippen molar-refractivity contribution < 1.29 is 4.79 Å². The fraction of sp³-hybridized carbons (Fsp3) is 0.450. The average molecular weight is 352 g/mol. The number of hydrogen-bond donors (Lipinski definition) is 1. The molecule has 4 rings (SSSR count). The molecule has 1 aromatic carbocycles. The summed E-state index contributed by atoms with van der Waals surface area (Å²) in [5.41, 5.74) is 0.373. The minimum atomic E-state index is -0.368. The molecule has 2 fully saturated rings. The molecular weight excluding hydrogens is 328 g/mol. The molecular formula is C20H24N4O2. The number of hydrogen-bond acceptors (Lipinski definition) is 4. The van der Waals surface area contributed by atoms with E-state index in [-0.39, 0.29) is 23.1 Å². The Kier molecular flexibility index (Phi) is 4.36. The lowest BCUT2D eigenvalue weighted by Gasteiger charge is -2.36. The maximum Gasteiger partial charge on any atom is 0.276 e. The Hall–Kier alpha value is -2.47. The van der Waals surface area contributed by atoms with Crippen LogP contribution in [0.3, 0.4) is 0 Å². The van der Waals surface area contributed by atoms with Crippen molar-refractivity contribution in [3.63, 3.8) is 0 Å². The molecule has 2 aliphatic rings. The van der Waals surface area contributed by atoms with Gasteiger partial charge in [-0.05, 0) is 44.9 Å². The zero-order chi connectivity index (χ0) is 18.3. The van der Waals surface area contributed by atoms with Gasteiger partial charge in [0.15, 0.2) is 5.69 Å². The summed E-state index contributed by atoms with van der Waals surface area (Å²) in [6.45, 7) is 4.18. The molecule has 2 bridgehead atoms. The summed E-state index contributed by atoms with van der Waals surface area (Å²) in [5.74, 6) is -0.368. The van der Waals surface area contributed by atoms with Gasteiger partial charge in [-0.2, -0.15) is 5.10 Å². The lowest BCUT2D eigenvalue weighted by Crippen LogP contribution is -2.49. The number of aromatic nitrogens is 2. The van der Waals surface area contributed by atoms with Crippen LogP contribution in [0.25, 0.3) is 10.9 Å². The summed E-state index contributed by atoms with van der Waals surface area (Å²) in [6.07, 6.45) is 5.96. The fourth-order valence-electron chi connectivity index (χ4n) is 4.43. The van der Waals surface area contributed by atoms with E-state index >= 15 is 0 Å². The van der Waals surface area contributed by atoms with E-state index < -0.39 is 0 Å². The van der Waals surface area contributed by atoms with Crippen LogP contribution in [0, 0.1) is 0 Å². The van der Waals surface area contributed by atoms with Crippen molar-refractivity contribution in [3.8, 4) is 0 Å². The van der Waals surface area contributed by atoms with Gasteiger partial charge < -0.3 is 10.2 Å². The highest BCUT2D eigenvalue weighted by atomic mass is 16.2. The largest absolute Gasteiger partial charge is 0.348 e. The number of fused-ring (bicyclic) bond motifs is 3. The monoisotopic (exact) mass is 352 g/mol. The van der Waals surface area contributed by atoms with Crippen LogP contribution in [-0.2, 0) is 6.54 Å². The summed E-state index contributed by atoms with van der Waals surface area (Å²) in [5, 5.41) is 7.91. The van der Waals surface area contributed by atoms with Gasteiger partial charge in [-0.1, -0.05) is 18.2 Å². The van der Waals surface area contributed by atoms with Gasteiger partial charge in [-0.15, -0.1) is 6.58 Å². The van der Waals surface area contributed by atoms with Gasteiger partial charge in [0.1, 0.15) is 0 Å². The molecule has 6 heteroatoms. The number of amides is 1. The summed E-state index contributed by atoms with van der Waals surface area (Å²) in [4.78, 5) is 28.0. The highest BCUT2D eigenvalue weighted by molar-refractivity contribution is 5.95. The Labute approximate surface area is 152 Å². The van der Waals surface area contributed by atoms with Crippen molar-refractivity contribution in [2.45, 2.75) is 50.4 Å². The quantitative estimate of drug-likeness (QED) is 0.854. The minimum absolute atomic E-state index is 0.0307. The van der Waals surface area contributed by atoms with Gasteiger partial charge in [0.2, 0.25) is 5.43 Å². The standard InChI is InChI=1S/C20H24N4O2/c1-3-10-24-17-7-5-4-6-16(17)19(25)18(22-24)20(26)21-13-11-14-8-9-15(12-13)23(14)2/h3-7,13-15H,1,8-12H2,2H3,(H,21,26). The molecule has 2 unspecified atom stereocenters. The fourth-order valence-corrected chi connectivity index (χ4v) is 4.43. The number of nitrogens with zero attached hydrogens (tertiary/aromatic N) is 3. The molecule has 0 radical (unpaired) electrons. The number of rotatable bonds is 4. The molecule has 6 nitrogen and oxygen atoms in total. The van der Waals surface area contributed by atoms with Gasteiger partial charge in [0, 0.05) is 23.5 Å². The summed E-state index contributed by atoms with van der Waals surface area (Å²) < 4.78 is 1.66. The third kappa shape index (κ3) is 2.84. The van der Waals surface area contributed by atoms with Crippen LogP contribution in [0.2, 0.25) is 0 Å². The molecule has 26 heavy (non-hydrogen) atoms. The van der Waals surface area contributed by atoms with E-state index in [1.807, 2.05) is 12.1 Å². The molecule has 1 aromatic heterocycles. The van der Waals surface area contributed by atoms with Crippen molar-refractivity contribution in [1.82, 2.24) is 20.0 Å². The molecule has 1 N–H and O–H groups in total. The zero-order valence-electron chi connectivity index (χ0n) is 15.0. The van der Waals surface area contributed by atoms with E-state index in [1.54, 1.807) is 22.9 Å². The summed E-state index contributed by atoms with van der Waals surface area (Å²) in [7, 11) is 2.17. The van der Waals surface area contributed by atoms with Gasteiger partial charge >= 0.3 is 0 Å². The summed E-state index contributed by atoms with van der Waals surface area (Å²) in [6, 6.07) is 8.41. The zero-order valence-corrected chi connectivity index (χ0v) is 15.0. The van der Waals surface area contributed by atoms with E-state index in [9.17, 15) is 9.59 Å². The molecule has 136 valence electrons. The van der Waals surface area contributed by atoms with Crippen LogP contribution in [0.4, 0.5) is 0 Å². The lowest BCUT2D eigenvalue weighted by molar-refractivity contribution is 0.0874. The normalized spacial score (nSPS) is 25.3. The molecule has 0 spiro atoms. The maximum atomic E-state index is 12.8. The molecule has 0 aliphatic carbocycles. The molecule has 2 atom stereocenters. The smallest absolute Gasteiger partial charge is 0.276 e. The average Bonchev–Trinajstić information content (AvgIpc) is 2.85. The first-order valence-electron chi connectivity index (χ1n) is 9.22. The Morgan fingerprint density at radius 1 is 1.31 bits per heavy atom. The number of para-hydroxylation sites is 1. The second kappa shape index (κ2) is 6.68. The lowest BCUT2D eigenvalue weighted by atomic mass is 9.98. The molecule has 2 saturated heterocycles. The van der Waals surface area contributed by atoms with Crippen molar-refractivity contribution in [2.24, 2.45) is 0 Å². The number of piperidine rings is 1. The first kappa shape index (κ1) is 17.0. The van der Waals surface area contributed by atoms with E-state index in [0.717, 1.165) is 12.8 Å². The van der Waals surface area contributed by atoms with Gasteiger partial charge in [0.05, 0.1) is 12.1 Å². The van der Waals surface area contributed by atoms with Crippen LogP contribution < -0.4 is 10.7 Å². The molecule has 0 saturated carbocycles. The predicted molar refractivity (Wildman–Crippen MR) is 101 cm³/mol. The van der Waals surface area contributed by atoms with Crippen molar-refractivity contribution in [1.29, 1.82) is 0 Å². The van der Waals surface area contributed by atoms with E-state index in [1.165, 1.54) is 12.8 Å². The van der Waals surface area contributed by atoms with Crippen LogP contribution in [0.1, 0.15) is 36.2 Å². The predicted octanol–water partition coefficient (Wildman–Crippen LogP) is 1.94. The molecule has 1 amide bonds. The highest BCUT2D eigenvalue weighted by Crippen LogP contribution is 2.34. The number of nitrogens with one attached hydrogen (secondary N) is 1. The maximum absolute atomic E-state index is 12.8. The van der Waals surface area contributed by atoms with Gasteiger partial charge in [-0.25, -0.2) is 0 Å². The molecule has 2 aromatic rings. The Morgan fingerprint density at radius 2 is 2.00 bits per heavy atom. The number of carbonyl (C=O) groups is 1. The molecule has 3 heterocycles. The molecule has 2 aliphatic heterocycles. The first-order valence-corrected chi connectivity index (χ1v) is 9.22. The van der Waals surface area contributed by atoms with Crippen LogP contribution in [-0.4, -0.2) is 45.8 Å². The second-order valence-corrected chi connectivity index (χ2v) is 7.36. The van der Waals surface area contributed by atoms with E-state index in [0.29, 0.717) is 29.5 Å². The minimum Gasteiger partial charge on any atom is -0.348 e. The van der Waals surface area contributed by atoms with Gasteiger partial charge in [-0.3, -0.25) is 14.3 Å². The number of benzene rings is 1. The number of allylic oxidation sites excluding steroid dienone is 1. The third-order valence-electron chi connectivity index (χ3n) is 5.81. The number of carbonyl (C=O) groups excluding carboxylic acids is 1. The highest BCUT2D eigenvalue weighted by Gasteiger charge is 2.39. The third-order valence-corrected chi connectivity index (χ3v) is 5.81. The Balaban J connectivity index is 1.64. The van der Waals surface area contributed by atoms with Gasteiger partial charge in [0.25, 0.3) is 5.91 Å². The van der Waals surface area contributed by atoms with Crippen LogP contribution in [0.15, 0.2) is 41.7 Å². The van der Waals surface area contributed by atoms with Crippen molar-refractivity contribution in [2.75, 3.05) is 7.05 Å². The van der Waals surface area contributed by atoms with Crippen molar-refractivity contribution >= 4 is 16.8 Å². The van der Waals surface area contributed by atoms with E-state index in [4.69, 9.17) is 0 Å². The Bertz CT molecular complexity index is 906. The second-order valence-electron chi connectivity index (χ2n) is 7.36. The van der Waals surface area contributed by atoms with Crippen LogP contribution in [0.5, 0.6) is 0 Å². The van der Waals surface area contributed by atoms with Crippen LogP contribution >= 0.6 is 0 Å². The Morgan fingerprint density at radius 3 is 2.69 bits per heavy atom. The summed E-state index contributed by atoms with van der Waals surface area (Å²) >= 11 is 0. The first-order chi connectivity index (χ1) is 12.6.